The highest BCUT2D eigenvalue weighted by atomic mass is 32.2. The van der Waals surface area contributed by atoms with Crippen LogP contribution < -0.4 is 10.6 Å². The molecule has 2 rings (SSSR count). The van der Waals surface area contributed by atoms with Gasteiger partial charge in [0.1, 0.15) is 17.4 Å². The number of aliphatic hydroxyl groups is 1. The number of carbonyl (C=O) groups excluding carboxylic acids is 2. The van der Waals surface area contributed by atoms with Gasteiger partial charge in [0.25, 0.3) is 11.8 Å². The molecule has 33 heavy (non-hydrogen) atoms. The van der Waals surface area contributed by atoms with Gasteiger partial charge < -0.3 is 10.4 Å². The van der Waals surface area contributed by atoms with Crippen LogP contribution in [0.4, 0.5) is 23.5 Å². The maximum absolute atomic E-state index is 14.1. The first kappa shape index (κ1) is 25.6. The Balaban J connectivity index is 2.28. The number of nitrogens with zero attached hydrogens (tertiary/aromatic N) is 3. The van der Waals surface area contributed by atoms with E-state index in [1.165, 1.54) is 13.1 Å². The average molecular weight is 489 g/mol. The first-order chi connectivity index (χ1) is 15.1. The largest absolute Gasteiger partial charge is 0.434 e. The first-order valence-electron chi connectivity index (χ1n) is 8.75. The normalized spacial score (nSPS) is 13.5. The Bertz CT molecular complexity index is 1260. The van der Waals surface area contributed by atoms with E-state index in [4.69, 9.17) is 5.26 Å². The summed E-state index contributed by atoms with van der Waals surface area (Å²) in [4.78, 5) is 29.6. The van der Waals surface area contributed by atoms with Gasteiger partial charge in [-0.15, -0.1) is 0 Å². The van der Waals surface area contributed by atoms with Crippen molar-refractivity contribution >= 4 is 27.6 Å². The number of sulfone groups is 1. The molecule has 1 aromatic heterocycles. The van der Waals surface area contributed by atoms with Gasteiger partial charge in [0.2, 0.25) is 5.95 Å². The van der Waals surface area contributed by atoms with Gasteiger partial charge in [-0.3, -0.25) is 14.9 Å². The van der Waals surface area contributed by atoms with Gasteiger partial charge >= 0.3 is 6.18 Å². The Labute approximate surface area is 184 Å². The third kappa shape index (κ3) is 5.79. The monoisotopic (exact) mass is 489 g/mol. The van der Waals surface area contributed by atoms with Crippen molar-refractivity contribution in [3.8, 4) is 6.07 Å². The van der Waals surface area contributed by atoms with Crippen LogP contribution in [-0.2, 0) is 20.8 Å². The predicted octanol–water partition coefficient (Wildman–Crippen LogP) is 1.03. The Morgan fingerprint density at radius 1 is 1.27 bits per heavy atom. The molecule has 1 heterocycles. The summed E-state index contributed by atoms with van der Waals surface area (Å²) in [6, 6.07) is 3.53. The standard InChI is InChI=1S/C18H15F4N5O5S/c1-17(30,8-33(31,32)10-3-4-11(12(19)5-10)14(28)24-2)15(29)27-16-25-7-9(6-23)13(26-16)18(20,21)22/h3-5,7,30H,8H2,1-2H3,(H,24,28)(H,25,26,27,29)/t17-/m0/s1. The Morgan fingerprint density at radius 2 is 1.91 bits per heavy atom. The summed E-state index contributed by atoms with van der Waals surface area (Å²) < 4.78 is 78.2. The van der Waals surface area contributed by atoms with Crippen molar-refractivity contribution in [2.45, 2.75) is 23.6 Å². The summed E-state index contributed by atoms with van der Waals surface area (Å²) in [6.07, 6.45) is -4.56. The lowest BCUT2D eigenvalue weighted by molar-refractivity contribution is -0.141. The van der Waals surface area contributed by atoms with Gasteiger partial charge in [-0.1, -0.05) is 0 Å². The topological polar surface area (TPSA) is 162 Å². The molecule has 0 aliphatic carbocycles. The maximum atomic E-state index is 14.1. The zero-order chi connectivity index (χ0) is 25.2. The van der Waals surface area contributed by atoms with Gasteiger partial charge in [0, 0.05) is 7.05 Å². The van der Waals surface area contributed by atoms with E-state index in [2.05, 4.69) is 15.3 Å². The van der Waals surface area contributed by atoms with E-state index >= 15 is 0 Å². The fourth-order valence-corrected chi connectivity index (χ4v) is 4.10. The van der Waals surface area contributed by atoms with Gasteiger partial charge in [-0.25, -0.2) is 22.8 Å². The lowest BCUT2D eigenvalue weighted by Gasteiger charge is -2.22. The van der Waals surface area contributed by atoms with Crippen molar-refractivity contribution < 1.29 is 40.7 Å². The molecule has 10 nitrogen and oxygen atoms in total. The number of hydrogen-bond acceptors (Lipinski definition) is 8. The van der Waals surface area contributed by atoms with Crippen LogP contribution in [0, 0.1) is 17.1 Å². The molecule has 1 aromatic carbocycles. The summed E-state index contributed by atoms with van der Waals surface area (Å²) >= 11 is 0. The molecule has 0 fully saturated rings. The molecule has 1 atom stereocenters. The van der Waals surface area contributed by atoms with E-state index < -0.39 is 72.7 Å². The van der Waals surface area contributed by atoms with Crippen molar-refractivity contribution in [3.05, 3.63) is 47.0 Å². The van der Waals surface area contributed by atoms with E-state index in [1.54, 1.807) is 5.32 Å². The van der Waals surface area contributed by atoms with Gasteiger partial charge in [0.05, 0.1) is 22.4 Å². The SMILES string of the molecule is CNC(=O)c1ccc(S(=O)(=O)C[C@](C)(O)C(=O)Nc2ncc(C#N)c(C(F)(F)F)n2)cc1F. The molecule has 0 radical (unpaired) electrons. The lowest BCUT2D eigenvalue weighted by Crippen LogP contribution is -2.46. The van der Waals surface area contributed by atoms with Crippen LogP contribution in [0.1, 0.15) is 28.5 Å². The van der Waals surface area contributed by atoms with Gasteiger partial charge in [-0.05, 0) is 25.1 Å². The predicted molar refractivity (Wildman–Crippen MR) is 103 cm³/mol. The maximum Gasteiger partial charge on any atom is 0.434 e. The number of carbonyl (C=O) groups is 2. The van der Waals surface area contributed by atoms with Gasteiger partial charge in [0.15, 0.2) is 21.1 Å². The molecule has 3 N–H and O–H groups in total. The number of nitrogens with one attached hydrogen (secondary N) is 2. The minimum Gasteiger partial charge on any atom is -0.379 e. The van der Waals surface area contributed by atoms with E-state index in [9.17, 15) is 40.7 Å². The second kappa shape index (κ2) is 9.08. The van der Waals surface area contributed by atoms with Crippen molar-refractivity contribution in [1.82, 2.24) is 15.3 Å². The third-order valence-electron chi connectivity index (χ3n) is 4.13. The number of rotatable bonds is 6. The third-order valence-corrected chi connectivity index (χ3v) is 6.05. The van der Waals surface area contributed by atoms with Crippen LogP contribution in [0.15, 0.2) is 29.3 Å². The Kier molecular flexibility index (Phi) is 7.05. The van der Waals surface area contributed by atoms with Crippen LogP contribution in [-0.4, -0.2) is 53.7 Å². The zero-order valence-corrected chi connectivity index (χ0v) is 17.7. The van der Waals surface area contributed by atoms with Crippen molar-refractivity contribution in [2.24, 2.45) is 0 Å². The van der Waals surface area contributed by atoms with Crippen molar-refractivity contribution in [3.63, 3.8) is 0 Å². The molecule has 0 spiro atoms. The Morgan fingerprint density at radius 3 is 2.42 bits per heavy atom. The summed E-state index contributed by atoms with van der Waals surface area (Å²) in [5, 5.41) is 23.0. The quantitative estimate of drug-likeness (QED) is 0.507. The second-order valence-corrected chi connectivity index (χ2v) is 8.76. The van der Waals surface area contributed by atoms with Crippen LogP contribution in [0.3, 0.4) is 0 Å². The molecule has 2 aromatic rings. The van der Waals surface area contributed by atoms with E-state index in [0.717, 1.165) is 19.1 Å². The zero-order valence-electron chi connectivity index (χ0n) is 16.9. The molecule has 0 aliphatic rings. The summed E-state index contributed by atoms with van der Waals surface area (Å²) in [6.45, 7) is 0.753. The Hall–Kier alpha value is -3.64. The molecule has 15 heteroatoms. The molecule has 0 bridgehead atoms. The first-order valence-corrected chi connectivity index (χ1v) is 10.4. The van der Waals surface area contributed by atoms with Crippen LogP contribution in [0.5, 0.6) is 0 Å². The second-order valence-electron chi connectivity index (χ2n) is 6.77. The van der Waals surface area contributed by atoms with Crippen molar-refractivity contribution in [1.29, 1.82) is 5.26 Å². The van der Waals surface area contributed by atoms with Crippen LogP contribution in [0.2, 0.25) is 0 Å². The average Bonchev–Trinajstić information content (AvgIpc) is 2.71. The number of nitriles is 1. The van der Waals surface area contributed by atoms with E-state index in [-0.39, 0.29) is 0 Å². The molecule has 176 valence electrons. The summed E-state index contributed by atoms with van der Waals surface area (Å²) in [7, 11) is -3.28. The minimum atomic E-state index is -5.05. The minimum absolute atomic E-state index is 0.445. The molecule has 0 saturated heterocycles. The molecule has 0 saturated carbocycles. The molecule has 0 aliphatic heterocycles. The van der Waals surface area contributed by atoms with Crippen molar-refractivity contribution in [2.75, 3.05) is 18.1 Å². The number of alkyl halides is 3. The molecular weight excluding hydrogens is 474 g/mol. The fourth-order valence-electron chi connectivity index (χ4n) is 2.50. The van der Waals surface area contributed by atoms with Crippen LogP contribution >= 0.6 is 0 Å². The number of anilines is 1. The molecular formula is C18H15F4N5O5S. The number of benzene rings is 1. The number of amides is 2. The number of aromatic nitrogens is 2. The summed E-state index contributed by atoms with van der Waals surface area (Å²) in [5.74, 6) is -5.71. The smallest absolute Gasteiger partial charge is 0.379 e. The fraction of sp³-hybridized carbons (Fsp3) is 0.278. The summed E-state index contributed by atoms with van der Waals surface area (Å²) in [5.41, 5.74) is -5.73. The lowest BCUT2D eigenvalue weighted by atomic mass is 10.1. The van der Waals surface area contributed by atoms with Gasteiger partial charge in [-0.2, -0.15) is 18.4 Å². The highest BCUT2D eigenvalue weighted by molar-refractivity contribution is 7.91. The number of hydrogen-bond donors (Lipinski definition) is 3. The molecule has 2 amide bonds. The van der Waals surface area contributed by atoms with Crippen LogP contribution in [0.25, 0.3) is 0 Å². The van der Waals surface area contributed by atoms with E-state index in [0.29, 0.717) is 12.3 Å². The highest BCUT2D eigenvalue weighted by Gasteiger charge is 2.39. The highest BCUT2D eigenvalue weighted by Crippen LogP contribution is 2.30. The number of halogens is 4. The van der Waals surface area contributed by atoms with E-state index in [1.807, 2.05) is 0 Å². The molecule has 0 unspecified atom stereocenters.